The van der Waals surface area contributed by atoms with E-state index in [-0.39, 0.29) is 18.6 Å². The highest BCUT2D eigenvalue weighted by atomic mass is 32.2. The van der Waals surface area contributed by atoms with E-state index < -0.39 is 0 Å². The minimum Gasteiger partial charge on any atom is -0.482 e. The first-order valence-electron chi connectivity index (χ1n) is 6.93. The maximum Gasteiger partial charge on any atom is 0.262 e. The van der Waals surface area contributed by atoms with Crippen LogP contribution in [-0.4, -0.2) is 30.6 Å². The van der Waals surface area contributed by atoms with E-state index in [1.165, 1.54) is 0 Å². The highest BCUT2D eigenvalue weighted by molar-refractivity contribution is 7.99. The van der Waals surface area contributed by atoms with Crippen LogP contribution in [0.3, 0.4) is 0 Å². The molecule has 1 aliphatic rings. The van der Waals surface area contributed by atoms with Gasteiger partial charge in [0.25, 0.3) is 5.91 Å². The number of anilines is 1. The van der Waals surface area contributed by atoms with Gasteiger partial charge in [-0.25, -0.2) is 0 Å². The molecule has 2 rings (SSSR count). The molecule has 0 saturated carbocycles. The van der Waals surface area contributed by atoms with Gasteiger partial charge in [0.05, 0.1) is 5.69 Å². The van der Waals surface area contributed by atoms with E-state index in [4.69, 9.17) is 4.74 Å². The molecule has 1 aromatic carbocycles. The summed E-state index contributed by atoms with van der Waals surface area (Å²) in [6.45, 7) is 5.47. The summed E-state index contributed by atoms with van der Waals surface area (Å²) in [7, 11) is 0. The molecular formula is C15H22N2O2S. The molecule has 2 N–H and O–H groups in total. The van der Waals surface area contributed by atoms with Crippen LogP contribution >= 0.6 is 11.8 Å². The summed E-state index contributed by atoms with van der Waals surface area (Å²) < 4.78 is 5.36. The number of hydrogen-bond acceptors (Lipinski definition) is 4. The first kappa shape index (κ1) is 15.2. The third kappa shape index (κ3) is 3.90. The number of carbonyl (C=O) groups is 1. The maximum atomic E-state index is 11.3. The van der Waals surface area contributed by atoms with Crippen LogP contribution in [-0.2, 0) is 4.79 Å². The van der Waals surface area contributed by atoms with Gasteiger partial charge in [0.2, 0.25) is 0 Å². The summed E-state index contributed by atoms with van der Waals surface area (Å²) in [5.41, 5.74) is 1.93. The Balaban J connectivity index is 1.95. The largest absolute Gasteiger partial charge is 0.482 e. The second-order valence-electron chi connectivity index (χ2n) is 5.10. The van der Waals surface area contributed by atoms with Gasteiger partial charge in [-0.3, -0.25) is 4.79 Å². The Bertz CT molecular complexity index is 479. The van der Waals surface area contributed by atoms with Crippen molar-refractivity contribution in [3.8, 4) is 5.75 Å². The molecule has 2 unspecified atom stereocenters. The van der Waals surface area contributed by atoms with Crippen LogP contribution in [0.2, 0.25) is 0 Å². The van der Waals surface area contributed by atoms with Crippen LogP contribution < -0.4 is 15.4 Å². The third-order valence-corrected chi connectivity index (χ3v) is 4.58. The van der Waals surface area contributed by atoms with Crippen molar-refractivity contribution < 1.29 is 9.53 Å². The van der Waals surface area contributed by atoms with E-state index in [0.29, 0.717) is 5.25 Å². The zero-order chi connectivity index (χ0) is 14.5. The van der Waals surface area contributed by atoms with Crippen LogP contribution in [0.1, 0.15) is 31.9 Å². The number of fused-ring (bicyclic) bond motifs is 1. The highest BCUT2D eigenvalue weighted by Crippen LogP contribution is 2.30. The lowest BCUT2D eigenvalue weighted by Gasteiger charge is -2.21. The molecule has 110 valence electrons. The van der Waals surface area contributed by atoms with E-state index in [1.807, 2.05) is 30.0 Å². The summed E-state index contributed by atoms with van der Waals surface area (Å²) >= 11 is 1.89. The Morgan fingerprint density at radius 1 is 1.45 bits per heavy atom. The van der Waals surface area contributed by atoms with Gasteiger partial charge in [-0.1, -0.05) is 13.0 Å². The minimum absolute atomic E-state index is 0.0935. The fourth-order valence-corrected chi connectivity index (χ4v) is 2.46. The Morgan fingerprint density at radius 3 is 3.00 bits per heavy atom. The topological polar surface area (TPSA) is 50.4 Å². The molecule has 1 aliphatic heterocycles. The normalized spacial score (nSPS) is 16.9. The van der Waals surface area contributed by atoms with Gasteiger partial charge in [0.1, 0.15) is 5.75 Å². The number of carbonyl (C=O) groups excluding carboxylic acids is 1. The van der Waals surface area contributed by atoms with E-state index >= 15 is 0 Å². The molecule has 20 heavy (non-hydrogen) atoms. The van der Waals surface area contributed by atoms with Gasteiger partial charge in [0, 0.05) is 11.3 Å². The van der Waals surface area contributed by atoms with Gasteiger partial charge < -0.3 is 15.4 Å². The fraction of sp³-hybridized carbons (Fsp3) is 0.533. The third-order valence-electron chi connectivity index (χ3n) is 3.54. The maximum absolute atomic E-state index is 11.3. The van der Waals surface area contributed by atoms with Crippen molar-refractivity contribution in [1.82, 2.24) is 5.32 Å². The Labute approximate surface area is 124 Å². The standard InChI is InChI=1S/C15H22N2O2S/c1-10(20-3)6-7-16-11(2)12-4-5-14-13(8-12)17-15(18)9-19-14/h4-5,8,10-11,16H,6-7,9H2,1-3H3,(H,17,18). The summed E-state index contributed by atoms with van der Waals surface area (Å²) in [4.78, 5) is 11.3. The van der Waals surface area contributed by atoms with Crippen LogP contribution in [0.5, 0.6) is 5.75 Å². The summed E-state index contributed by atoms with van der Waals surface area (Å²) in [5.74, 6) is 0.653. The number of amides is 1. The van der Waals surface area contributed by atoms with Crippen molar-refractivity contribution in [2.75, 3.05) is 24.7 Å². The molecule has 0 aromatic heterocycles. The number of nitrogens with one attached hydrogen (secondary N) is 2. The molecule has 0 saturated heterocycles. The van der Waals surface area contributed by atoms with Crippen molar-refractivity contribution in [2.45, 2.75) is 31.6 Å². The van der Waals surface area contributed by atoms with Crippen molar-refractivity contribution >= 4 is 23.4 Å². The van der Waals surface area contributed by atoms with Gasteiger partial charge >= 0.3 is 0 Å². The second kappa shape index (κ2) is 6.99. The number of thioether (sulfide) groups is 1. The zero-order valence-electron chi connectivity index (χ0n) is 12.2. The van der Waals surface area contributed by atoms with Crippen LogP contribution in [0.4, 0.5) is 5.69 Å². The first-order valence-corrected chi connectivity index (χ1v) is 8.21. The monoisotopic (exact) mass is 294 g/mol. The molecule has 0 radical (unpaired) electrons. The van der Waals surface area contributed by atoms with Crippen molar-refractivity contribution in [2.24, 2.45) is 0 Å². The molecule has 2 atom stereocenters. The van der Waals surface area contributed by atoms with Crippen molar-refractivity contribution in [1.29, 1.82) is 0 Å². The average Bonchev–Trinajstić information content (AvgIpc) is 2.46. The van der Waals surface area contributed by atoms with Crippen LogP contribution in [0.15, 0.2) is 18.2 Å². The molecule has 1 amide bonds. The molecule has 0 bridgehead atoms. The molecule has 1 aromatic rings. The van der Waals surface area contributed by atoms with Gasteiger partial charge in [0.15, 0.2) is 6.61 Å². The van der Waals surface area contributed by atoms with E-state index in [1.54, 1.807) is 0 Å². The lowest BCUT2D eigenvalue weighted by molar-refractivity contribution is -0.118. The van der Waals surface area contributed by atoms with E-state index in [9.17, 15) is 4.79 Å². The van der Waals surface area contributed by atoms with Crippen molar-refractivity contribution in [3.05, 3.63) is 23.8 Å². The van der Waals surface area contributed by atoms with E-state index in [2.05, 4.69) is 30.7 Å². The predicted molar refractivity (Wildman–Crippen MR) is 84.6 cm³/mol. The smallest absolute Gasteiger partial charge is 0.262 e. The highest BCUT2D eigenvalue weighted by Gasteiger charge is 2.17. The molecular weight excluding hydrogens is 272 g/mol. The quantitative estimate of drug-likeness (QED) is 0.847. The average molecular weight is 294 g/mol. The first-order chi connectivity index (χ1) is 9.60. The van der Waals surface area contributed by atoms with Crippen LogP contribution in [0, 0.1) is 0 Å². The fourth-order valence-electron chi connectivity index (χ4n) is 2.11. The Hall–Kier alpha value is -1.20. The molecule has 1 heterocycles. The van der Waals surface area contributed by atoms with Crippen molar-refractivity contribution in [3.63, 3.8) is 0 Å². The predicted octanol–water partition coefficient (Wildman–Crippen LogP) is 2.81. The Kier molecular flexibility index (Phi) is 5.31. The number of benzene rings is 1. The summed E-state index contributed by atoms with van der Waals surface area (Å²) in [5, 5.41) is 7.03. The molecule has 5 heteroatoms. The second-order valence-corrected chi connectivity index (χ2v) is 6.38. The SMILES string of the molecule is CSC(C)CCNC(C)c1ccc2c(c1)NC(=O)CO2. The zero-order valence-corrected chi connectivity index (χ0v) is 13.0. The number of hydrogen-bond donors (Lipinski definition) is 2. The molecule has 0 aliphatic carbocycles. The molecule has 4 nitrogen and oxygen atoms in total. The lowest BCUT2D eigenvalue weighted by Crippen LogP contribution is -2.26. The minimum atomic E-state index is -0.0935. The van der Waals surface area contributed by atoms with Gasteiger partial charge in [-0.05, 0) is 43.8 Å². The van der Waals surface area contributed by atoms with Gasteiger partial charge in [-0.15, -0.1) is 0 Å². The van der Waals surface area contributed by atoms with Crippen LogP contribution in [0.25, 0.3) is 0 Å². The Morgan fingerprint density at radius 2 is 2.25 bits per heavy atom. The number of ether oxygens (including phenoxy) is 1. The molecule has 0 fully saturated rings. The number of rotatable bonds is 6. The summed E-state index contributed by atoms with van der Waals surface area (Å²) in [6, 6.07) is 6.22. The lowest BCUT2D eigenvalue weighted by atomic mass is 10.1. The molecule has 0 spiro atoms. The van der Waals surface area contributed by atoms with E-state index in [0.717, 1.165) is 30.0 Å². The summed E-state index contributed by atoms with van der Waals surface area (Å²) in [6.07, 6.45) is 3.29. The van der Waals surface area contributed by atoms with Gasteiger partial charge in [-0.2, -0.15) is 11.8 Å².